The van der Waals surface area contributed by atoms with Gasteiger partial charge in [0.25, 0.3) is 11.8 Å². The number of aryl methyl sites for hydroxylation is 2. The lowest BCUT2D eigenvalue weighted by Gasteiger charge is -2.08. The predicted octanol–water partition coefficient (Wildman–Crippen LogP) is 5.46. The van der Waals surface area contributed by atoms with Gasteiger partial charge in [-0.1, -0.05) is 19.4 Å². The summed E-state index contributed by atoms with van der Waals surface area (Å²) in [6.07, 6.45) is 4.64. The van der Waals surface area contributed by atoms with Crippen molar-refractivity contribution >= 4 is 50.6 Å². The van der Waals surface area contributed by atoms with Crippen molar-refractivity contribution in [1.29, 1.82) is 0 Å². The van der Waals surface area contributed by atoms with E-state index in [-0.39, 0.29) is 11.8 Å². The lowest BCUT2D eigenvalue weighted by atomic mass is 10.2. The molecule has 2 heterocycles. The van der Waals surface area contributed by atoms with Crippen molar-refractivity contribution in [2.75, 3.05) is 10.6 Å². The number of carbonyl (C=O) groups excluding carboxylic acids is 2. The average Bonchev–Trinajstić information content (AvgIpc) is 3.09. The molecule has 8 heteroatoms. The Labute approximate surface area is 181 Å². The van der Waals surface area contributed by atoms with E-state index < -0.39 is 0 Å². The van der Waals surface area contributed by atoms with Crippen LogP contribution >= 0.6 is 27.3 Å². The topological polar surface area (TPSA) is 84.0 Å². The highest BCUT2D eigenvalue weighted by molar-refractivity contribution is 9.10. The molecule has 0 fully saturated rings. The zero-order chi connectivity index (χ0) is 20.8. The number of anilines is 2. The number of thiazole rings is 1. The summed E-state index contributed by atoms with van der Waals surface area (Å²) in [5.74, 6) is -0.0610. The lowest BCUT2D eigenvalue weighted by Crippen LogP contribution is -2.15. The molecule has 0 bridgehead atoms. The van der Waals surface area contributed by atoms with Crippen LogP contribution in [0.15, 0.2) is 47.1 Å². The van der Waals surface area contributed by atoms with Gasteiger partial charge in [-0.2, -0.15) is 0 Å². The van der Waals surface area contributed by atoms with Crippen LogP contribution in [0.3, 0.4) is 0 Å². The Morgan fingerprint density at radius 1 is 1.14 bits per heavy atom. The molecule has 2 amide bonds. The summed E-state index contributed by atoms with van der Waals surface area (Å²) >= 11 is 4.73. The summed E-state index contributed by atoms with van der Waals surface area (Å²) in [4.78, 5) is 34.4. The average molecular weight is 473 g/mol. The number of carbonyl (C=O) groups is 2. The highest BCUT2D eigenvalue weighted by Crippen LogP contribution is 2.22. The maximum Gasteiger partial charge on any atom is 0.267 e. The molecule has 0 aliphatic carbocycles. The molecule has 0 aliphatic rings. The summed E-state index contributed by atoms with van der Waals surface area (Å²) in [5, 5.41) is 6.58. The van der Waals surface area contributed by atoms with Crippen LogP contribution in [-0.4, -0.2) is 21.8 Å². The Hall–Kier alpha value is -2.58. The number of unbranched alkanes of at least 4 members (excludes halogenated alkanes) is 1. The van der Waals surface area contributed by atoms with Gasteiger partial charge < -0.3 is 10.6 Å². The first-order valence-corrected chi connectivity index (χ1v) is 10.9. The molecule has 6 nitrogen and oxygen atoms in total. The number of rotatable bonds is 7. The molecule has 3 rings (SSSR count). The molecule has 2 N–H and O–H groups in total. The number of nitrogens with one attached hydrogen (secondary N) is 2. The van der Waals surface area contributed by atoms with E-state index in [4.69, 9.17) is 0 Å². The van der Waals surface area contributed by atoms with Gasteiger partial charge in [-0.15, -0.1) is 11.3 Å². The summed E-state index contributed by atoms with van der Waals surface area (Å²) in [6.45, 7) is 3.97. The second-order valence-electron chi connectivity index (χ2n) is 6.48. The fourth-order valence-corrected chi connectivity index (χ4v) is 3.90. The molecule has 0 unspecified atom stereocenters. The quantitative estimate of drug-likeness (QED) is 0.478. The van der Waals surface area contributed by atoms with Crippen molar-refractivity contribution in [2.45, 2.75) is 33.1 Å². The van der Waals surface area contributed by atoms with E-state index in [1.807, 2.05) is 6.92 Å². The van der Waals surface area contributed by atoms with E-state index in [9.17, 15) is 9.59 Å². The molecule has 0 aliphatic heterocycles. The van der Waals surface area contributed by atoms with Crippen LogP contribution in [0.25, 0.3) is 0 Å². The molecule has 0 saturated carbocycles. The van der Waals surface area contributed by atoms with Gasteiger partial charge in [-0.25, -0.2) is 9.97 Å². The van der Waals surface area contributed by atoms with Crippen molar-refractivity contribution < 1.29 is 9.59 Å². The van der Waals surface area contributed by atoms with Gasteiger partial charge in [0, 0.05) is 21.9 Å². The first-order valence-electron chi connectivity index (χ1n) is 9.27. The molecular weight excluding hydrogens is 452 g/mol. The SMILES string of the molecule is CCCCc1nc(C)c(C(=O)Nc2cccc(C(=O)Nc3ccc(Br)cn3)c2)s1. The van der Waals surface area contributed by atoms with Gasteiger partial charge >= 0.3 is 0 Å². The summed E-state index contributed by atoms with van der Waals surface area (Å²) < 4.78 is 0.830. The molecule has 3 aromatic rings. The van der Waals surface area contributed by atoms with Crippen LogP contribution in [0.4, 0.5) is 11.5 Å². The van der Waals surface area contributed by atoms with E-state index in [0.717, 1.165) is 34.4 Å². The molecule has 150 valence electrons. The van der Waals surface area contributed by atoms with Crippen molar-refractivity contribution in [2.24, 2.45) is 0 Å². The van der Waals surface area contributed by atoms with E-state index >= 15 is 0 Å². The molecule has 2 aromatic heterocycles. The second kappa shape index (κ2) is 9.76. The van der Waals surface area contributed by atoms with Crippen LogP contribution in [0, 0.1) is 6.92 Å². The number of nitrogens with zero attached hydrogens (tertiary/aromatic N) is 2. The standard InChI is InChI=1S/C21H21BrN4O2S/c1-3-4-8-18-24-13(2)19(29-18)21(28)25-16-7-5-6-14(11-16)20(27)26-17-10-9-15(22)12-23-17/h5-7,9-12H,3-4,8H2,1-2H3,(H,25,28)(H,23,26,27). The minimum Gasteiger partial charge on any atom is -0.321 e. The Morgan fingerprint density at radius 3 is 2.69 bits per heavy atom. The van der Waals surface area contributed by atoms with Crippen LogP contribution in [0.1, 0.15) is 50.5 Å². The largest absolute Gasteiger partial charge is 0.321 e. The third-order valence-corrected chi connectivity index (χ3v) is 5.83. The number of halogens is 1. The fraction of sp³-hybridized carbons (Fsp3) is 0.238. The molecule has 29 heavy (non-hydrogen) atoms. The first-order chi connectivity index (χ1) is 14.0. The molecule has 0 atom stereocenters. The van der Waals surface area contributed by atoms with Crippen molar-refractivity contribution in [3.05, 3.63) is 68.2 Å². The highest BCUT2D eigenvalue weighted by Gasteiger charge is 2.16. The first kappa shape index (κ1) is 21.1. The number of benzene rings is 1. The monoisotopic (exact) mass is 472 g/mol. The Balaban J connectivity index is 1.69. The van der Waals surface area contributed by atoms with E-state index in [1.165, 1.54) is 11.3 Å². The number of amides is 2. The summed E-state index contributed by atoms with van der Waals surface area (Å²) in [7, 11) is 0. The molecule has 0 radical (unpaired) electrons. The zero-order valence-electron chi connectivity index (χ0n) is 16.2. The number of hydrogen-bond acceptors (Lipinski definition) is 5. The third kappa shape index (κ3) is 5.71. The maximum atomic E-state index is 12.7. The Bertz CT molecular complexity index is 1020. The van der Waals surface area contributed by atoms with Crippen LogP contribution in [0.5, 0.6) is 0 Å². The van der Waals surface area contributed by atoms with Crippen LogP contribution in [0.2, 0.25) is 0 Å². The minimum absolute atomic E-state index is 0.213. The molecule has 0 spiro atoms. The van der Waals surface area contributed by atoms with Gasteiger partial charge in [0.1, 0.15) is 10.7 Å². The maximum absolute atomic E-state index is 12.7. The van der Waals surface area contributed by atoms with Crippen molar-refractivity contribution in [3.8, 4) is 0 Å². The summed E-state index contributed by atoms with van der Waals surface area (Å²) in [6, 6.07) is 10.3. The number of pyridine rings is 1. The fourth-order valence-electron chi connectivity index (χ4n) is 2.66. The molecule has 0 saturated heterocycles. The second-order valence-corrected chi connectivity index (χ2v) is 8.48. The lowest BCUT2D eigenvalue weighted by molar-refractivity contribution is 0.101. The van der Waals surface area contributed by atoms with Crippen LogP contribution < -0.4 is 10.6 Å². The Kier molecular flexibility index (Phi) is 7.11. The van der Waals surface area contributed by atoms with E-state index in [2.05, 4.69) is 43.5 Å². The third-order valence-electron chi connectivity index (χ3n) is 4.14. The minimum atomic E-state index is -0.299. The summed E-state index contributed by atoms with van der Waals surface area (Å²) in [5.41, 5.74) is 1.71. The molecular formula is C21H21BrN4O2S. The van der Waals surface area contributed by atoms with Crippen molar-refractivity contribution in [3.63, 3.8) is 0 Å². The van der Waals surface area contributed by atoms with Gasteiger partial charge in [0.05, 0.1) is 10.7 Å². The van der Waals surface area contributed by atoms with Crippen LogP contribution in [-0.2, 0) is 6.42 Å². The normalized spacial score (nSPS) is 10.6. The van der Waals surface area contributed by atoms with E-state index in [1.54, 1.807) is 42.6 Å². The number of hydrogen-bond donors (Lipinski definition) is 2. The zero-order valence-corrected chi connectivity index (χ0v) is 18.6. The van der Waals surface area contributed by atoms with Crippen molar-refractivity contribution in [1.82, 2.24) is 9.97 Å². The highest BCUT2D eigenvalue weighted by atomic mass is 79.9. The molecule has 1 aromatic carbocycles. The van der Waals surface area contributed by atoms with Gasteiger partial charge in [0.2, 0.25) is 0 Å². The smallest absolute Gasteiger partial charge is 0.267 e. The number of aromatic nitrogens is 2. The van der Waals surface area contributed by atoms with Gasteiger partial charge in [-0.05, 0) is 66.0 Å². The Morgan fingerprint density at radius 2 is 1.97 bits per heavy atom. The predicted molar refractivity (Wildman–Crippen MR) is 120 cm³/mol. The van der Waals surface area contributed by atoms with Gasteiger partial charge in [0.15, 0.2) is 0 Å². The van der Waals surface area contributed by atoms with Gasteiger partial charge in [-0.3, -0.25) is 9.59 Å². The van der Waals surface area contributed by atoms with E-state index in [0.29, 0.717) is 21.9 Å².